The molecule has 0 unspecified atom stereocenters. The van der Waals surface area contributed by atoms with Gasteiger partial charge in [0.1, 0.15) is 12.2 Å². The third-order valence-corrected chi connectivity index (χ3v) is 1.91. The molecule has 0 aromatic heterocycles. The van der Waals surface area contributed by atoms with Crippen LogP contribution in [0.2, 0.25) is 0 Å². The van der Waals surface area contributed by atoms with Gasteiger partial charge in [0.25, 0.3) is 0 Å². The monoisotopic (exact) mass is 174 g/mol. The standard InChI is InChI=1S/C8H14O4/c1-5-3-6(9)8(10)7(12-5)4-11-2/h5,7-8,10H,3-4H2,1-2H3/t5-,7+,8-/m1/s1. The van der Waals surface area contributed by atoms with Crippen molar-refractivity contribution in [3.8, 4) is 0 Å². The van der Waals surface area contributed by atoms with Crippen LogP contribution in [0.3, 0.4) is 0 Å². The van der Waals surface area contributed by atoms with E-state index in [1.54, 1.807) is 0 Å². The number of ether oxygens (including phenoxy) is 2. The summed E-state index contributed by atoms with van der Waals surface area (Å²) >= 11 is 0. The van der Waals surface area contributed by atoms with Crippen LogP contribution in [0.4, 0.5) is 0 Å². The van der Waals surface area contributed by atoms with E-state index in [0.29, 0.717) is 6.42 Å². The zero-order valence-electron chi connectivity index (χ0n) is 7.32. The maximum atomic E-state index is 11.1. The first-order chi connectivity index (χ1) is 5.65. The van der Waals surface area contributed by atoms with Crippen molar-refractivity contribution in [1.29, 1.82) is 0 Å². The molecule has 0 radical (unpaired) electrons. The summed E-state index contributed by atoms with van der Waals surface area (Å²) in [5.74, 6) is -0.157. The molecule has 1 rings (SSSR count). The minimum Gasteiger partial charge on any atom is -0.382 e. The van der Waals surface area contributed by atoms with Crippen LogP contribution in [-0.2, 0) is 14.3 Å². The molecule has 1 aliphatic rings. The van der Waals surface area contributed by atoms with Gasteiger partial charge in [-0.25, -0.2) is 0 Å². The summed E-state index contributed by atoms with van der Waals surface area (Å²) in [7, 11) is 1.51. The molecule has 1 fully saturated rings. The minimum absolute atomic E-state index is 0.110. The molecule has 12 heavy (non-hydrogen) atoms. The predicted molar refractivity (Wildman–Crippen MR) is 41.8 cm³/mol. The van der Waals surface area contributed by atoms with Crippen molar-refractivity contribution in [3.05, 3.63) is 0 Å². The Kier molecular flexibility index (Phi) is 3.20. The lowest BCUT2D eigenvalue weighted by atomic mass is 10.0. The number of aliphatic hydroxyl groups is 1. The second-order valence-electron chi connectivity index (χ2n) is 3.06. The average Bonchev–Trinajstić information content (AvgIpc) is 2.00. The maximum Gasteiger partial charge on any atom is 0.166 e. The van der Waals surface area contributed by atoms with Crippen molar-refractivity contribution >= 4 is 5.78 Å². The molecule has 1 aliphatic heterocycles. The summed E-state index contributed by atoms with van der Waals surface area (Å²) in [6.45, 7) is 2.07. The van der Waals surface area contributed by atoms with Crippen LogP contribution < -0.4 is 0 Å². The second kappa shape index (κ2) is 3.98. The molecular formula is C8H14O4. The van der Waals surface area contributed by atoms with Crippen molar-refractivity contribution in [2.24, 2.45) is 0 Å². The Hall–Kier alpha value is -0.450. The first-order valence-corrected chi connectivity index (χ1v) is 4.00. The molecule has 3 atom stereocenters. The van der Waals surface area contributed by atoms with E-state index in [1.807, 2.05) is 6.92 Å². The molecule has 0 saturated carbocycles. The van der Waals surface area contributed by atoms with Gasteiger partial charge in [0, 0.05) is 13.5 Å². The quantitative estimate of drug-likeness (QED) is 0.626. The van der Waals surface area contributed by atoms with E-state index in [-0.39, 0.29) is 18.5 Å². The molecule has 70 valence electrons. The van der Waals surface area contributed by atoms with E-state index in [0.717, 1.165) is 0 Å². The van der Waals surface area contributed by atoms with Crippen LogP contribution >= 0.6 is 0 Å². The summed E-state index contributed by atoms with van der Waals surface area (Å²) in [4.78, 5) is 11.1. The zero-order valence-corrected chi connectivity index (χ0v) is 7.32. The zero-order chi connectivity index (χ0) is 9.14. The number of aliphatic hydroxyl groups excluding tert-OH is 1. The highest BCUT2D eigenvalue weighted by atomic mass is 16.5. The highest BCUT2D eigenvalue weighted by molar-refractivity contribution is 5.84. The van der Waals surface area contributed by atoms with E-state index in [2.05, 4.69) is 0 Å². The summed E-state index contributed by atoms with van der Waals surface area (Å²) in [6.07, 6.45) is -1.32. The van der Waals surface area contributed by atoms with E-state index in [1.165, 1.54) is 7.11 Å². The molecule has 0 aromatic rings. The fraction of sp³-hybridized carbons (Fsp3) is 0.875. The Morgan fingerprint density at radius 3 is 3.00 bits per heavy atom. The number of ketones is 1. The van der Waals surface area contributed by atoms with Gasteiger partial charge in [-0.05, 0) is 6.92 Å². The van der Waals surface area contributed by atoms with Crippen molar-refractivity contribution in [3.63, 3.8) is 0 Å². The maximum absolute atomic E-state index is 11.1. The molecule has 0 spiro atoms. The average molecular weight is 174 g/mol. The third-order valence-electron chi connectivity index (χ3n) is 1.91. The second-order valence-corrected chi connectivity index (χ2v) is 3.06. The molecule has 0 amide bonds. The SMILES string of the molecule is COC[C@@H]1O[C@H](C)CC(=O)[C@H]1O. The van der Waals surface area contributed by atoms with E-state index < -0.39 is 12.2 Å². The number of rotatable bonds is 2. The normalized spacial score (nSPS) is 36.9. The molecule has 1 saturated heterocycles. The lowest BCUT2D eigenvalue weighted by Gasteiger charge is -2.30. The lowest BCUT2D eigenvalue weighted by Crippen LogP contribution is -2.46. The fourth-order valence-corrected chi connectivity index (χ4v) is 1.33. The van der Waals surface area contributed by atoms with Gasteiger partial charge in [0.05, 0.1) is 12.7 Å². The third kappa shape index (κ3) is 2.03. The number of methoxy groups -OCH3 is 1. The number of carbonyl (C=O) groups excluding carboxylic acids is 1. The van der Waals surface area contributed by atoms with E-state index in [9.17, 15) is 9.90 Å². The summed E-state index contributed by atoms with van der Waals surface area (Å²) < 4.78 is 10.1. The van der Waals surface area contributed by atoms with Crippen LogP contribution in [0.25, 0.3) is 0 Å². The van der Waals surface area contributed by atoms with Gasteiger partial charge in [-0.15, -0.1) is 0 Å². The van der Waals surface area contributed by atoms with Gasteiger partial charge < -0.3 is 14.6 Å². The van der Waals surface area contributed by atoms with Crippen molar-refractivity contribution in [2.75, 3.05) is 13.7 Å². The van der Waals surface area contributed by atoms with Crippen LogP contribution in [0, 0.1) is 0 Å². The Labute approximate surface area is 71.5 Å². The summed E-state index contributed by atoms with van der Waals surface area (Å²) in [6, 6.07) is 0. The van der Waals surface area contributed by atoms with Crippen molar-refractivity contribution < 1.29 is 19.4 Å². The molecule has 0 aliphatic carbocycles. The van der Waals surface area contributed by atoms with Crippen molar-refractivity contribution in [1.82, 2.24) is 0 Å². The smallest absolute Gasteiger partial charge is 0.166 e. The first-order valence-electron chi connectivity index (χ1n) is 4.00. The molecule has 0 bridgehead atoms. The van der Waals surface area contributed by atoms with Gasteiger partial charge >= 0.3 is 0 Å². The highest BCUT2D eigenvalue weighted by Crippen LogP contribution is 2.16. The molecule has 1 heterocycles. The van der Waals surface area contributed by atoms with Gasteiger partial charge in [0.15, 0.2) is 5.78 Å². The van der Waals surface area contributed by atoms with E-state index in [4.69, 9.17) is 9.47 Å². The first kappa shape index (κ1) is 9.64. The van der Waals surface area contributed by atoms with Crippen LogP contribution in [0.1, 0.15) is 13.3 Å². The molecule has 0 aromatic carbocycles. The van der Waals surface area contributed by atoms with Gasteiger partial charge in [-0.1, -0.05) is 0 Å². The van der Waals surface area contributed by atoms with Crippen molar-refractivity contribution in [2.45, 2.75) is 31.7 Å². The Morgan fingerprint density at radius 2 is 2.42 bits per heavy atom. The predicted octanol–water partition coefficient (Wildman–Crippen LogP) is -0.260. The van der Waals surface area contributed by atoms with E-state index >= 15 is 0 Å². The molecule has 4 nitrogen and oxygen atoms in total. The summed E-state index contributed by atoms with van der Waals surface area (Å²) in [5.41, 5.74) is 0. The fourth-order valence-electron chi connectivity index (χ4n) is 1.33. The van der Waals surface area contributed by atoms with Gasteiger partial charge in [-0.3, -0.25) is 4.79 Å². The number of carbonyl (C=O) groups is 1. The molecule has 1 N–H and O–H groups in total. The lowest BCUT2D eigenvalue weighted by molar-refractivity contribution is -0.162. The topological polar surface area (TPSA) is 55.8 Å². The minimum atomic E-state index is -1.01. The summed E-state index contributed by atoms with van der Waals surface area (Å²) in [5, 5.41) is 9.33. The molecule has 4 heteroatoms. The Bertz CT molecular complexity index is 168. The number of Topliss-reactive ketones (excluding diaryl/α,β-unsaturated/α-hetero) is 1. The number of hydrogen-bond acceptors (Lipinski definition) is 4. The van der Waals surface area contributed by atoms with Crippen LogP contribution in [0.5, 0.6) is 0 Å². The Morgan fingerprint density at radius 1 is 1.75 bits per heavy atom. The highest BCUT2D eigenvalue weighted by Gasteiger charge is 2.34. The Balaban J connectivity index is 2.53. The van der Waals surface area contributed by atoms with Gasteiger partial charge in [-0.2, -0.15) is 0 Å². The van der Waals surface area contributed by atoms with Crippen LogP contribution in [-0.4, -0.2) is 42.9 Å². The largest absolute Gasteiger partial charge is 0.382 e. The van der Waals surface area contributed by atoms with Gasteiger partial charge in [0.2, 0.25) is 0 Å². The van der Waals surface area contributed by atoms with Crippen LogP contribution in [0.15, 0.2) is 0 Å². The molecular weight excluding hydrogens is 160 g/mol. The number of hydrogen-bond donors (Lipinski definition) is 1.